The van der Waals surface area contributed by atoms with Crippen molar-refractivity contribution in [1.29, 1.82) is 0 Å². The first-order valence-corrected chi connectivity index (χ1v) is 7.95. The van der Waals surface area contributed by atoms with Crippen molar-refractivity contribution in [2.24, 2.45) is 0 Å². The number of aliphatic hydroxyl groups excluding tert-OH is 1. The highest BCUT2D eigenvalue weighted by molar-refractivity contribution is 14.1. The Labute approximate surface area is 131 Å². The Bertz CT molecular complexity index is 363. The second-order valence-electron chi connectivity index (χ2n) is 4.09. The number of rotatable bonds is 8. The van der Waals surface area contributed by atoms with Crippen LogP contribution in [0, 0.1) is 3.57 Å². The molecule has 0 aliphatic rings. The lowest BCUT2D eigenvalue weighted by Gasteiger charge is -2.13. The lowest BCUT2D eigenvalue weighted by atomic mass is 10.3. The number of nitrogens with one attached hydrogen (secondary N) is 1. The summed E-state index contributed by atoms with van der Waals surface area (Å²) >= 11 is 5.72. The monoisotopic (exact) mass is 427 g/mol. The van der Waals surface area contributed by atoms with E-state index in [1.54, 1.807) is 0 Å². The van der Waals surface area contributed by atoms with Crippen molar-refractivity contribution >= 4 is 44.2 Å². The van der Waals surface area contributed by atoms with Crippen LogP contribution < -0.4 is 5.32 Å². The zero-order chi connectivity index (χ0) is 13.4. The van der Waals surface area contributed by atoms with E-state index >= 15 is 0 Å². The number of unbranched alkanes of at least 4 members (excludes halogenated alkanes) is 1. The molecule has 1 aromatic carbocycles. The number of ether oxygens (including phenoxy) is 1. The summed E-state index contributed by atoms with van der Waals surface area (Å²) < 4.78 is 7.59. The Morgan fingerprint density at radius 2 is 2.28 bits per heavy atom. The molecule has 1 aromatic rings. The topological polar surface area (TPSA) is 41.5 Å². The molecule has 0 spiro atoms. The van der Waals surface area contributed by atoms with Crippen LogP contribution in [-0.4, -0.2) is 31.0 Å². The fourth-order valence-electron chi connectivity index (χ4n) is 1.37. The van der Waals surface area contributed by atoms with Gasteiger partial charge in [0.15, 0.2) is 0 Å². The van der Waals surface area contributed by atoms with Crippen molar-refractivity contribution in [2.45, 2.75) is 25.9 Å². The maximum absolute atomic E-state index is 9.74. The average Bonchev–Trinajstić information content (AvgIpc) is 2.36. The predicted octanol–water partition coefficient (Wildman–Crippen LogP) is 3.64. The van der Waals surface area contributed by atoms with Crippen molar-refractivity contribution in [2.75, 3.05) is 25.1 Å². The SMILES string of the molecule is CCCCOCC(O)CNc1ccc(Br)c(I)c1. The van der Waals surface area contributed by atoms with Gasteiger partial charge < -0.3 is 15.2 Å². The molecule has 1 unspecified atom stereocenters. The highest BCUT2D eigenvalue weighted by Crippen LogP contribution is 2.22. The van der Waals surface area contributed by atoms with Gasteiger partial charge in [-0.3, -0.25) is 0 Å². The first-order valence-electron chi connectivity index (χ1n) is 6.08. The van der Waals surface area contributed by atoms with E-state index in [4.69, 9.17) is 4.74 Å². The number of benzene rings is 1. The van der Waals surface area contributed by atoms with Gasteiger partial charge in [-0.25, -0.2) is 0 Å². The van der Waals surface area contributed by atoms with Crippen LogP contribution in [0.15, 0.2) is 22.7 Å². The van der Waals surface area contributed by atoms with Crippen LogP contribution in [-0.2, 0) is 4.74 Å². The van der Waals surface area contributed by atoms with E-state index in [-0.39, 0.29) is 0 Å². The van der Waals surface area contributed by atoms with Gasteiger partial charge in [-0.05, 0) is 63.1 Å². The summed E-state index contributed by atoms with van der Waals surface area (Å²) in [5.41, 5.74) is 1.01. The van der Waals surface area contributed by atoms with Gasteiger partial charge in [-0.1, -0.05) is 13.3 Å². The number of hydrogen-bond acceptors (Lipinski definition) is 3. The second-order valence-corrected chi connectivity index (χ2v) is 6.11. The van der Waals surface area contributed by atoms with Gasteiger partial charge in [0, 0.05) is 26.9 Å². The van der Waals surface area contributed by atoms with Gasteiger partial charge in [0.1, 0.15) is 0 Å². The zero-order valence-corrected chi connectivity index (χ0v) is 14.2. The van der Waals surface area contributed by atoms with Crippen LogP contribution in [0.1, 0.15) is 19.8 Å². The number of anilines is 1. The third-order valence-corrected chi connectivity index (χ3v) is 4.74. The van der Waals surface area contributed by atoms with Gasteiger partial charge in [0.25, 0.3) is 0 Å². The molecule has 18 heavy (non-hydrogen) atoms. The maximum Gasteiger partial charge on any atom is 0.0945 e. The summed E-state index contributed by atoms with van der Waals surface area (Å²) in [5, 5.41) is 12.9. The molecule has 2 N–H and O–H groups in total. The van der Waals surface area contributed by atoms with Crippen LogP contribution in [0.2, 0.25) is 0 Å². The first kappa shape index (κ1) is 16.2. The maximum atomic E-state index is 9.74. The van der Waals surface area contributed by atoms with Crippen molar-refractivity contribution in [3.05, 3.63) is 26.2 Å². The minimum atomic E-state index is -0.469. The summed E-state index contributed by atoms with van der Waals surface area (Å²) in [4.78, 5) is 0. The van der Waals surface area contributed by atoms with E-state index in [9.17, 15) is 5.11 Å². The fourth-order valence-corrected chi connectivity index (χ4v) is 2.13. The number of halogens is 2. The second kappa shape index (κ2) is 9.12. The summed E-state index contributed by atoms with van der Waals surface area (Å²) in [6.07, 6.45) is 1.69. The van der Waals surface area contributed by atoms with E-state index in [1.807, 2.05) is 18.2 Å². The molecule has 1 rings (SSSR count). The minimum Gasteiger partial charge on any atom is -0.389 e. The van der Waals surface area contributed by atoms with E-state index in [1.165, 1.54) is 0 Å². The van der Waals surface area contributed by atoms with Crippen LogP contribution in [0.5, 0.6) is 0 Å². The van der Waals surface area contributed by atoms with Crippen molar-refractivity contribution in [3.8, 4) is 0 Å². The molecule has 0 amide bonds. The summed E-state index contributed by atoms with van der Waals surface area (Å²) in [5.74, 6) is 0. The lowest BCUT2D eigenvalue weighted by molar-refractivity contribution is 0.0422. The quantitative estimate of drug-likeness (QED) is 0.491. The molecule has 3 nitrogen and oxygen atoms in total. The molecular weight excluding hydrogens is 409 g/mol. The Hall–Kier alpha value is 0.150. The molecule has 1 atom stereocenters. The molecule has 0 fully saturated rings. The summed E-state index contributed by atoms with van der Waals surface area (Å²) in [6.45, 7) is 3.74. The summed E-state index contributed by atoms with van der Waals surface area (Å²) in [7, 11) is 0. The third-order valence-electron chi connectivity index (χ3n) is 2.41. The van der Waals surface area contributed by atoms with Gasteiger partial charge in [-0.2, -0.15) is 0 Å². The molecule has 0 aliphatic carbocycles. The van der Waals surface area contributed by atoms with Crippen molar-refractivity contribution in [3.63, 3.8) is 0 Å². The van der Waals surface area contributed by atoms with Crippen LogP contribution in [0.4, 0.5) is 5.69 Å². The summed E-state index contributed by atoms with van der Waals surface area (Å²) in [6, 6.07) is 6.01. The van der Waals surface area contributed by atoms with Crippen LogP contribution in [0.25, 0.3) is 0 Å². The minimum absolute atomic E-state index is 0.390. The molecule has 5 heteroatoms. The van der Waals surface area contributed by atoms with E-state index < -0.39 is 6.10 Å². The molecule has 0 saturated heterocycles. The number of hydrogen-bond donors (Lipinski definition) is 2. The number of aliphatic hydroxyl groups is 1. The highest BCUT2D eigenvalue weighted by Gasteiger charge is 2.04. The average molecular weight is 428 g/mol. The van der Waals surface area contributed by atoms with Gasteiger partial charge in [0.05, 0.1) is 12.7 Å². The Morgan fingerprint density at radius 1 is 1.50 bits per heavy atom. The van der Waals surface area contributed by atoms with E-state index in [0.717, 1.165) is 33.2 Å². The standard InChI is InChI=1S/C13H19BrINO2/c1-2-3-6-18-9-11(17)8-16-10-4-5-12(14)13(15)7-10/h4-5,7,11,16-17H,2-3,6,8-9H2,1H3. The molecule has 0 radical (unpaired) electrons. The molecule has 0 saturated carbocycles. The largest absolute Gasteiger partial charge is 0.389 e. The fraction of sp³-hybridized carbons (Fsp3) is 0.538. The van der Waals surface area contributed by atoms with Gasteiger partial charge in [0.2, 0.25) is 0 Å². The third kappa shape index (κ3) is 6.36. The van der Waals surface area contributed by atoms with Crippen molar-refractivity contribution in [1.82, 2.24) is 0 Å². The predicted molar refractivity (Wildman–Crippen MR) is 87.1 cm³/mol. The molecule has 102 valence electrons. The van der Waals surface area contributed by atoms with E-state index in [0.29, 0.717) is 13.2 Å². The Morgan fingerprint density at radius 3 is 2.94 bits per heavy atom. The van der Waals surface area contributed by atoms with Gasteiger partial charge >= 0.3 is 0 Å². The zero-order valence-electron chi connectivity index (χ0n) is 10.5. The normalized spacial score (nSPS) is 12.4. The molecule has 0 heterocycles. The molecule has 0 aromatic heterocycles. The van der Waals surface area contributed by atoms with E-state index in [2.05, 4.69) is 50.8 Å². The molecule has 0 bridgehead atoms. The van der Waals surface area contributed by atoms with Crippen LogP contribution in [0.3, 0.4) is 0 Å². The van der Waals surface area contributed by atoms with Gasteiger partial charge in [-0.15, -0.1) is 0 Å². The van der Waals surface area contributed by atoms with Crippen molar-refractivity contribution < 1.29 is 9.84 Å². The smallest absolute Gasteiger partial charge is 0.0945 e. The molecule has 0 aliphatic heterocycles. The Balaban J connectivity index is 2.24. The highest BCUT2D eigenvalue weighted by atomic mass is 127. The molecular formula is C13H19BrINO2. The lowest BCUT2D eigenvalue weighted by Crippen LogP contribution is -2.25. The Kier molecular flexibility index (Phi) is 8.21. The van der Waals surface area contributed by atoms with Crippen LogP contribution >= 0.6 is 38.5 Å². The first-order chi connectivity index (χ1) is 8.63.